The molecule has 0 aromatic rings. The zero-order valence-corrected chi connectivity index (χ0v) is 49.0. The summed E-state index contributed by atoms with van der Waals surface area (Å²) in [6.07, 6.45) is 78.3. The van der Waals surface area contributed by atoms with Gasteiger partial charge in [0.1, 0.15) is 13.2 Å². The van der Waals surface area contributed by atoms with Crippen LogP contribution in [0.3, 0.4) is 0 Å². The molecule has 9 heteroatoms. The van der Waals surface area contributed by atoms with Crippen molar-refractivity contribution in [1.29, 1.82) is 0 Å². The van der Waals surface area contributed by atoms with Gasteiger partial charge in [0.2, 0.25) is 5.91 Å². The molecule has 0 fully saturated rings. The summed E-state index contributed by atoms with van der Waals surface area (Å²) in [7, 11) is 1.55. The Bertz CT molecular complexity index is 1510. The highest BCUT2D eigenvalue weighted by molar-refractivity contribution is 7.47. The lowest BCUT2D eigenvalue weighted by molar-refractivity contribution is -0.870. The fourth-order valence-electron chi connectivity index (χ4n) is 8.36. The number of phosphoric ester groups is 1. The number of carbonyl (C=O) groups is 1. The van der Waals surface area contributed by atoms with Gasteiger partial charge in [-0.1, -0.05) is 259 Å². The minimum atomic E-state index is -4.35. The van der Waals surface area contributed by atoms with Crippen molar-refractivity contribution in [2.24, 2.45) is 0 Å². The molecule has 0 aliphatic carbocycles. The van der Waals surface area contributed by atoms with Crippen molar-refractivity contribution in [2.45, 2.75) is 264 Å². The summed E-state index contributed by atoms with van der Waals surface area (Å²) < 4.78 is 23.6. The molecule has 422 valence electrons. The maximum absolute atomic E-state index is 12.9. The summed E-state index contributed by atoms with van der Waals surface area (Å²) in [4.78, 5) is 23.2. The number of hydrogen-bond donors (Lipinski definition) is 3. The van der Waals surface area contributed by atoms with Gasteiger partial charge in [0.15, 0.2) is 0 Å². The van der Waals surface area contributed by atoms with Crippen molar-refractivity contribution in [2.75, 3.05) is 40.9 Å². The number of phosphoric acid groups is 1. The largest absolute Gasteiger partial charge is 0.472 e. The van der Waals surface area contributed by atoms with Crippen molar-refractivity contribution in [3.63, 3.8) is 0 Å². The predicted molar refractivity (Wildman–Crippen MR) is 318 cm³/mol. The second-order valence-electron chi connectivity index (χ2n) is 21.3. The van der Waals surface area contributed by atoms with Crippen LogP contribution < -0.4 is 5.32 Å². The maximum atomic E-state index is 12.9. The number of aliphatic hydroxyl groups is 1. The van der Waals surface area contributed by atoms with E-state index in [2.05, 4.69) is 104 Å². The lowest BCUT2D eigenvalue weighted by Crippen LogP contribution is -2.45. The molecule has 3 atom stereocenters. The summed E-state index contributed by atoms with van der Waals surface area (Å²) in [5.41, 5.74) is 0. The standard InChI is InChI=1S/C64H115N2O6P/c1-6-8-10-12-14-16-18-20-21-22-23-24-25-26-27-28-29-30-31-32-33-34-35-36-37-38-39-40-41-42-43-44-45-46-48-50-52-54-56-58-64(68)65-62(61-72-73(69,70)71-60-59-66(3,4)5)63(67)57-55-53-51-49-47-19-17-15-13-11-9-7-2/h8,10,14,16,20-21,23-24,26-27,29-30,47,49,55,57,62-63,67H,6-7,9,11-13,15,17-19,22,25,28,31-46,48,50-54,56,58-61H2,1-5H3,(H-,65,68,69,70)/p+1/b10-8-,16-14-,21-20-,24-23-,27-26-,30-29-,49-47+,57-55+. The molecular weight excluding hydrogens is 924 g/mol. The lowest BCUT2D eigenvalue weighted by atomic mass is 10.0. The van der Waals surface area contributed by atoms with Crippen LogP contribution in [0.15, 0.2) is 97.2 Å². The van der Waals surface area contributed by atoms with E-state index in [0.717, 1.165) is 77.0 Å². The van der Waals surface area contributed by atoms with E-state index in [1.54, 1.807) is 6.08 Å². The molecular formula is C64H116N2O6P+. The van der Waals surface area contributed by atoms with Gasteiger partial charge in [0, 0.05) is 6.42 Å². The lowest BCUT2D eigenvalue weighted by Gasteiger charge is -2.25. The molecule has 0 heterocycles. The normalized spacial score (nSPS) is 14.6. The highest BCUT2D eigenvalue weighted by Crippen LogP contribution is 2.43. The average molecular weight is 1040 g/mol. The first-order valence-electron chi connectivity index (χ1n) is 30.1. The molecule has 0 rings (SSSR count). The topological polar surface area (TPSA) is 105 Å². The first-order chi connectivity index (χ1) is 35.5. The number of carbonyl (C=O) groups excluding carboxylic acids is 1. The number of allylic oxidation sites excluding steroid dienone is 15. The third-order valence-electron chi connectivity index (χ3n) is 13.0. The minimum absolute atomic E-state index is 0.0543. The number of unbranched alkanes of at least 4 members (excludes halogenated alkanes) is 27. The molecule has 0 spiro atoms. The first kappa shape index (κ1) is 70.4. The van der Waals surface area contributed by atoms with Gasteiger partial charge >= 0.3 is 7.82 Å². The van der Waals surface area contributed by atoms with Crippen LogP contribution in [0, 0.1) is 0 Å². The van der Waals surface area contributed by atoms with Crippen molar-refractivity contribution < 1.29 is 32.9 Å². The van der Waals surface area contributed by atoms with Gasteiger partial charge in [-0.15, -0.1) is 0 Å². The molecule has 0 aliphatic rings. The second kappa shape index (κ2) is 54.2. The van der Waals surface area contributed by atoms with Crippen molar-refractivity contribution in [3.05, 3.63) is 97.2 Å². The minimum Gasteiger partial charge on any atom is -0.387 e. The van der Waals surface area contributed by atoms with Gasteiger partial charge in [-0.3, -0.25) is 13.8 Å². The zero-order chi connectivity index (χ0) is 53.5. The van der Waals surface area contributed by atoms with E-state index >= 15 is 0 Å². The van der Waals surface area contributed by atoms with Crippen LogP contribution in [-0.4, -0.2) is 73.4 Å². The van der Waals surface area contributed by atoms with E-state index in [1.807, 2.05) is 27.2 Å². The molecule has 0 bridgehead atoms. The Morgan fingerprint density at radius 1 is 0.479 bits per heavy atom. The van der Waals surface area contributed by atoms with Gasteiger partial charge in [0.25, 0.3) is 0 Å². The third kappa shape index (κ3) is 57.0. The number of quaternary nitrogens is 1. The van der Waals surface area contributed by atoms with Crippen LogP contribution >= 0.6 is 7.82 Å². The smallest absolute Gasteiger partial charge is 0.387 e. The Labute approximate surface area is 451 Å². The number of hydrogen-bond acceptors (Lipinski definition) is 5. The summed E-state index contributed by atoms with van der Waals surface area (Å²) >= 11 is 0. The van der Waals surface area contributed by atoms with Gasteiger partial charge in [-0.05, 0) is 83.5 Å². The zero-order valence-electron chi connectivity index (χ0n) is 48.1. The Hall–Kier alpha value is -2.58. The number of rotatable bonds is 54. The van der Waals surface area contributed by atoms with Crippen molar-refractivity contribution in [1.82, 2.24) is 5.32 Å². The molecule has 0 radical (unpaired) electrons. The van der Waals surface area contributed by atoms with Gasteiger partial charge < -0.3 is 19.8 Å². The molecule has 3 unspecified atom stereocenters. The van der Waals surface area contributed by atoms with Crippen molar-refractivity contribution in [3.8, 4) is 0 Å². The molecule has 8 nitrogen and oxygen atoms in total. The van der Waals surface area contributed by atoms with Gasteiger partial charge in [0.05, 0.1) is 39.9 Å². The summed E-state index contributed by atoms with van der Waals surface area (Å²) in [6, 6.07) is -0.865. The maximum Gasteiger partial charge on any atom is 0.472 e. The van der Waals surface area contributed by atoms with Crippen LogP contribution in [0.2, 0.25) is 0 Å². The Kier molecular flexibility index (Phi) is 52.3. The van der Waals surface area contributed by atoms with E-state index < -0.39 is 20.0 Å². The molecule has 0 aromatic carbocycles. The number of amides is 1. The van der Waals surface area contributed by atoms with E-state index in [9.17, 15) is 19.4 Å². The van der Waals surface area contributed by atoms with Crippen LogP contribution in [0.1, 0.15) is 251 Å². The Balaban J connectivity index is 3.94. The van der Waals surface area contributed by atoms with E-state index in [0.29, 0.717) is 17.4 Å². The fraction of sp³-hybridized carbons (Fsp3) is 0.734. The Morgan fingerprint density at radius 2 is 0.836 bits per heavy atom. The molecule has 1 amide bonds. The quantitative estimate of drug-likeness (QED) is 0.0243. The van der Waals surface area contributed by atoms with E-state index in [4.69, 9.17) is 9.05 Å². The van der Waals surface area contributed by atoms with Crippen molar-refractivity contribution >= 4 is 13.7 Å². The second-order valence-corrected chi connectivity index (χ2v) is 22.8. The first-order valence-corrected chi connectivity index (χ1v) is 31.6. The van der Waals surface area contributed by atoms with Gasteiger partial charge in [-0.2, -0.15) is 0 Å². The molecule has 0 aliphatic heterocycles. The third-order valence-corrected chi connectivity index (χ3v) is 14.0. The molecule has 0 saturated heterocycles. The number of nitrogens with one attached hydrogen (secondary N) is 1. The number of nitrogens with zero attached hydrogens (tertiary/aromatic N) is 1. The Morgan fingerprint density at radius 3 is 1.26 bits per heavy atom. The summed E-state index contributed by atoms with van der Waals surface area (Å²) in [6.45, 7) is 4.66. The van der Waals surface area contributed by atoms with Crippen LogP contribution in [0.25, 0.3) is 0 Å². The molecule has 3 N–H and O–H groups in total. The highest BCUT2D eigenvalue weighted by Gasteiger charge is 2.27. The molecule has 73 heavy (non-hydrogen) atoms. The number of aliphatic hydroxyl groups excluding tert-OH is 1. The molecule has 0 saturated carbocycles. The predicted octanol–water partition coefficient (Wildman–Crippen LogP) is 18.6. The van der Waals surface area contributed by atoms with E-state index in [1.165, 1.54) is 154 Å². The summed E-state index contributed by atoms with van der Waals surface area (Å²) in [5, 5.41) is 13.9. The van der Waals surface area contributed by atoms with Crippen LogP contribution in [0.4, 0.5) is 0 Å². The average Bonchev–Trinajstić information content (AvgIpc) is 3.35. The monoisotopic (exact) mass is 1040 g/mol. The van der Waals surface area contributed by atoms with Gasteiger partial charge in [-0.25, -0.2) is 4.57 Å². The van der Waals surface area contributed by atoms with E-state index in [-0.39, 0.29) is 19.1 Å². The number of likely N-dealkylation sites (N-methyl/N-ethyl adjacent to an activating group) is 1. The summed E-state index contributed by atoms with van der Waals surface area (Å²) in [5.74, 6) is -0.188. The SMILES string of the molecule is CC/C=C\C/C=C\C/C=C\C/C=C\C/C=C\C/C=C\CCCCCCCCCCCCCCCCCCCCCCC(=O)NC(COP(=O)(O)OCC[N+](C)(C)C)C(O)/C=C/CC/C=C/CCCCCCCC. The van der Waals surface area contributed by atoms with Crippen LogP contribution in [0.5, 0.6) is 0 Å². The highest BCUT2D eigenvalue weighted by atomic mass is 31.2. The van der Waals surface area contributed by atoms with Crippen LogP contribution in [-0.2, 0) is 18.4 Å². The fourth-order valence-corrected chi connectivity index (χ4v) is 9.09. The molecule has 0 aromatic heterocycles.